The standard InChI is InChI=1S/C40H72O4/c1-3-5-7-9-11-13-15-17-19-21-23-25-27-29-31-33-38(41)35-37(36-40(43)44)39(42)34-32-30-28-26-24-22-20-18-16-14-12-10-8-6-4-2/h17-20,37H,3-16,21-36H2,1-2H3,(H,43,44)/b19-17-,20-18-. The Morgan fingerprint density at radius 1 is 0.455 bits per heavy atom. The summed E-state index contributed by atoms with van der Waals surface area (Å²) in [5.41, 5.74) is 0. The van der Waals surface area contributed by atoms with E-state index in [1.807, 2.05) is 0 Å². The molecule has 0 aliphatic heterocycles. The Morgan fingerprint density at radius 2 is 0.795 bits per heavy atom. The highest BCUT2D eigenvalue weighted by atomic mass is 16.4. The second-order valence-electron chi connectivity index (χ2n) is 13.2. The number of carbonyl (C=O) groups excluding carboxylic acids is 2. The summed E-state index contributed by atoms with van der Waals surface area (Å²) in [5.74, 6) is -1.63. The topological polar surface area (TPSA) is 71.4 Å². The first kappa shape index (κ1) is 42.3. The molecule has 0 bridgehead atoms. The van der Waals surface area contributed by atoms with Gasteiger partial charge >= 0.3 is 5.97 Å². The molecule has 1 atom stereocenters. The average molecular weight is 617 g/mol. The van der Waals surface area contributed by atoms with E-state index in [0.717, 1.165) is 51.4 Å². The van der Waals surface area contributed by atoms with Crippen LogP contribution in [0.3, 0.4) is 0 Å². The fourth-order valence-electron chi connectivity index (χ4n) is 5.85. The summed E-state index contributed by atoms with van der Waals surface area (Å²) in [7, 11) is 0. The van der Waals surface area contributed by atoms with Crippen molar-refractivity contribution in [3.63, 3.8) is 0 Å². The molecule has 0 amide bonds. The number of unbranched alkanes of at least 4 members (excludes halogenated alkanes) is 22. The smallest absolute Gasteiger partial charge is 0.304 e. The zero-order valence-electron chi connectivity index (χ0n) is 29.3. The number of allylic oxidation sites excluding steroid dienone is 4. The summed E-state index contributed by atoms with van der Waals surface area (Å²) in [6.07, 6.45) is 41.6. The third-order valence-electron chi connectivity index (χ3n) is 8.75. The molecule has 0 aromatic rings. The minimum atomic E-state index is -0.985. The van der Waals surface area contributed by atoms with Crippen LogP contribution in [0, 0.1) is 5.92 Å². The zero-order valence-corrected chi connectivity index (χ0v) is 29.3. The summed E-state index contributed by atoms with van der Waals surface area (Å²) in [6.45, 7) is 4.51. The lowest BCUT2D eigenvalue weighted by Gasteiger charge is -2.13. The number of hydrogen-bond donors (Lipinski definition) is 1. The maximum atomic E-state index is 12.7. The molecule has 44 heavy (non-hydrogen) atoms. The molecule has 1 unspecified atom stereocenters. The number of Topliss-reactive ketones (excluding diaryl/α,β-unsaturated/α-hetero) is 2. The maximum Gasteiger partial charge on any atom is 0.304 e. The molecule has 0 saturated heterocycles. The molecule has 0 radical (unpaired) electrons. The number of hydrogen-bond acceptors (Lipinski definition) is 3. The number of aliphatic carboxylic acids is 1. The molecule has 0 spiro atoms. The quantitative estimate of drug-likeness (QED) is 0.0568. The van der Waals surface area contributed by atoms with Crippen LogP contribution in [-0.2, 0) is 14.4 Å². The van der Waals surface area contributed by atoms with Crippen LogP contribution in [-0.4, -0.2) is 22.6 Å². The van der Waals surface area contributed by atoms with Gasteiger partial charge in [0.2, 0.25) is 0 Å². The van der Waals surface area contributed by atoms with Crippen molar-refractivity contribution in [3.8, 4) is 0 Å². The lowest BCUT2D eigenvalue weighted by Crippen LogP contribution is -2.21. The average Bonchev–Trinajstić information content (AvgIpc) is 3.00. The highest BCUT2D eigenvalue weighted by molar-refractivity contribution is 5.90. The van der Waals surface area contributed by atoms with Crippen LogP contribution in [0.4, 0.5) is 0 Å². The predicted octanol–water partition coefficient (Wildman–Crippen LogP) is 12.7. The van der Waals surface area contributed by atoms with Crippen LogP contribution in [0.5, 0.6) is 0 Å². The summed E-state index contributed by atoms with van der Waals surface area (Å²) >= 11 is 0. The van der Waals surface area contributed by atoms with Crippen LogP contribution in [0.25, 0.3) is 0 Å². The van der Waals surface area contributed by atoms with Gasteiger partial charge in [-0.05, 0) is 64.2 Å². The van der Waals surface area contributed by atoms with E-state index in [4.69, 9.17) is 0 Å². The normalized spacial score (nSPS) is 12.4. The number of carbonyl (C=O) groups is 3. The summed E-state index contributed by atoms with van der Waals surface area (Å²) in [6, 6.07) is 0. The minimum Gasteiger partial charge on any atom is -0.481 e. The molecule has 0 fully saturated rings. The molecule has 0 heterocycles. The number of carboxylic acid groups (broad SMARTS) is 1. The fourth-order valence-corrected chi connectivity index (χ4v) is 5.85. The van der Waals surface area contributed by atoms with Crippen molar-refractivity contribution in [1.82, 2.24) is 0 Å². The molecule has 4 nitrogen and oxygen atoms in total. The number of carboxylic acids is 1. The molecule has 0 aromatic heterocycles. The van der Waals surface area contributed by atoms with Crippen LogP contribution in [0.15, 0.2) is 24.3 Å². The van der Waals surface area contributed by atoms with E-state index >= 15 is 0 Å². The van der Waals surface area contributed by atoms with Crippen molar-refractivity contribution in [1.29, 1.82) is 0 Å². The molecule has 1 N–H and O–H groups in total. The Hall–Kier alpha value is -1.71. The highest BCUT2D eigenvalue weighted by Gasteiger charge is 2.23. The van der Waals surface area contributed by atoms with Gasteiger partial charge < -0.3 is 5.11 Å². The van der Waals surface area contributed by atoms with Gasteiger partial charge in [-0.2, -0.15) is 0 Å². The molecular formula is C40H72O4. The summed E-state index contributed by atoms with van der Waals surface area (Å²) in [5, 5.41) is 9.29. The van der Waals surface area contributed by atoms with E-state index in [2.05, 4.69) is 38.2 Å². The maximum absolute atomic E-state index is 12.7. The van der Waals surface area contributed by atoms with Crippen LogP contribution >= 0.6 is 0 Å². The van der Waals surface area contributed by atoms with Crippen molar-refractivity contribution < 1.29 is 19.5 Å². The van der Waals surface area contributed by atoms with Gasteiger partial charge in [0.1, 0.15) is 11.6 Å². The first-order valence-corrected chi connectivity index (χ1v) is 19.1. The molecular weight excluding hydrogens is 544 g/mol. The van der Waals surface area contributed by atoms with Crippen molar-refractivity contribution in [2.45, 2.75) is 206 Å². The van der Waals surface area contributed by atoms with Gasteiger partial charge in [-0.15, -0.1) is 0 Å². The molecule has 0 aliphatic rings. The monoisotopic (exact) mass is 617 g/mol. The van der Waals surface area contributed by atoms with Crippen molar-refractivity contribution in [2.75, 3.05) is 0 Å². The first-order chi connectivity index (χ1) is 21.5. The van der Waals surface area contributed by atoms with E-state index in [9.17, 15) is 19.5 Å². The Labute approximate surface area is 273 Å². The van der Waals surface area contributed by atoms with E-state index < -0.39 is 11.9 Å². The van der Waals surface area contributed by atoms with Crippen molar-refractivity contribution in [3.05, 3.63) is 24.3 Å². The molecule has 0 aromatic carbocycles. The molecule has 0 saturated carbocycles. The van der Waals surface area contributed by atoms with Gasteiger partial charge in [-0.3, -0.25) is 14.4 Å². The van der Waals surface area contributed by atoms with Crippen molar-refractivity contribution in [2.24, 2.45) is 5.92 Å². The van der Waals surface area contributed by atoms with Gasteiger partial charge in [0, 0.05) is 25.2 Å². The third-order valence-corrected chi connectivity index (χ3v) is 8.75. The largest absolute Gasteiger partial charge is 0.481 e. The first-order valence-electron chi connectivity index (χ1n) is 19.1. The highest BCUT2D eigenvalue weighted by Crippen LogP contribution is 2.19. The molecule has 0 rings (SSSR count). The second kappa shape index (κ2) is 34.2. The Kier molecular flexibility index (Phi) is 32.8. The summed E-state index contributed by atoms with van der Waals surface area (Å²) < 4.78 is 0. The fraction of sp³-hybridized carbons (Fsp3) is 0.825. The zero-order chi connectivity index (χ0) is 32.4. The summed E-state index contributed by atoms with van der Waals surface area (Å²) in [4.78, 5) is 36.6. The Balaban J connectivity index is 3.83. The Bertz CT molecular complexity index is 723. The molecule has 4 heteroatoms. The number of ketones is 2. The third kappa shape index (κ3) is 31.7. The predicted molar refractivity (Wildman–Crippen MR) is 189 cm³/mol. The lowest BCUT2D eigenvalue weighted by molar-refractivity contribution is -0.141. The Morgan fingerprint density at radius 3 is 1.18 bits per heavy atom. The molecule has 256 valence electrons. The molecule has 0 aliphatic carbocycles. The van der Waals surface area contributed by atoms with E-state index in [1.165, 1.54) is 116 Å². The van der Waals surface area contributed by atoms with Gasteiger partial charge in [0.05, 0.1) is 6.42 Å². The second-order valence-corrected chi connectivity index (χ2v) is 13.2. The van der Waals surface area contributed by atoms with E-state index in [0.29, 0.717) is 12.8 Å². The lowest BCUT2D eigenvalue weighted by atomic mass is 9.89. The van der Waals surface area contributed by atoms with E-state index in [-0.39, 0.29) is 24.4 Å². The SMILES string of the molecule is CCCCCCCC/C=C\CCCCCCCC(=O)CC(CC(=O)O)C(=O)CCCCCCC/C=C\CCCCCCCC. The van der Waals surface area contributed by atoms with E-state index in [1.54, 1.807) is 0 Å². The van der Waals surface area contributed by atoms with Gasteiger partial charge in [-0.1, -0.05) is 141 Å². The van der Waals surface area contributed by atoms with Crippen molar-refractivity contribution >= 4 is 17.5 Å². The van der Waals surface area contributed by atoms with Gasteiger partial charge in [0.15, 0.2) is 0 Å². The van der Waals surface area contributed by atoms with Gasteiger partial charge in [0.25, 0.3) is 0 Å². The number of rotatable bonds is 35. The van der Waals surface area contributed by atoms with Crippen LogP contribution < -0.4 is 0 Å². The van der Waals surface area contributed by atoms with Gasteiger partial charge in [-0.25, -0.2) is 0 Å². The van der Waals surface area contributed by atoms with Crippen LogP contribution in [0.1, 0.15) is 206 Å². The minimum absolute atomic E-state index is 0.0390. The van der Waals surface area contributed by atoms with Crippen LogP contribution in [0.2, 0.25) is 0 Å².